The summed E-state index contributed by atoms with van der Waals surface area (Å²) in [5.41, 5.74) is 0.379. The fourth-order valence-corrected chi connectivity index (χ4v) is 2.78. The molecule has 0 spiro atoms. The molecule has 20 heavy (non-hydrogen) atoms. The van der Waals surface area contributed by atoms with E-state index in [0.29, 0.717) is 5.56 Å². The van der Waals surface area contributed by atoms with Gasteiger partial charge >= 0.3 is 5.97 Å². The normalized spacial score (nSPS) is 12.3. The maximum absolute atomic E-state index is 13.5. The van der Waals surface area contributed by atoms with Gasteiger partial charge in [-0.25, -0.2) is 13.6 Å². The highest BCUT2D eigenvalue weighted by Crippen LogP contribution is 2.21. The van der Waals surface area contributed by atoms with Crippen LogP contribution in [0.1, 0.15) is 21.9 Å². The van der Waals surface area contributed by atoms with Crippen LogP contribution in [-0.4, -0.2) is 15.3 Å². The molecule has 1 N–H and O–H groups in total. The average Bonchev–Trinajstić information content (AvgIpc) is 2.73. The van der Waals surface area contributed by atoms with Gasteiger partial charge in [0.15, 0.2) is 0 Å². The third-order valence-corrected chi connectivity index (χ3v) is 3.93. The first-order valence-corrected chi connectivity index (χ1v) is 6.86. The van der Waals surface area contributed by atoms with Gasteiger partial charge in [-0.05, 0) is 31.2 Å². The topological polar surface area (TPSA) is 67.5 Å². The molecular weight excluding hydrogens is 290 g/mol. The van der Waals surface area contributed by atoms with Crippen LogP contribution in [0.25, 0.3) is 0 Å². The maximum atomic E-state index is 13.5. The monoisotopic (exact) mass is 300 g/mol. The van der Waals surface area contributed by atoms with Gasteiger partial charge in [0.2, 0.25) is 5.76 Å². The van der Waals surface area contributed by atoms with Crippen LogP contribution in [0.4, 0.5) is 8.78 Å². The summed E-state index contributed by atoms with van der Waals surface area (Å²) in [5, 5.41) is 8.83. The number of halogens is 2. The second-order valence-electron chi connectivity index (χ2n) is 4.09. The molecule has 0 aliphatic heterocycles. The molecule has 106 valence electrons. The third kappa shape index (κ3) is 2.93. The minimum Gasteiger partial charge on any atom is -0.475 e. The van der Waals surface area contributed by atoms with Gasteiger partial charge in [-0.3, -0.25) is 4.21 Å². The highest BCUT2D eigenvalue weighted by molar-refractivity contribution is 7.84. The third-order valence-electron chi connectivity index (χ3n) is 2.57. The number of aryl methyl sites for hydroxylation is 1. The van der Waals surface area contributed by atoms with E-state index in [2.05, 4.69) is 0 Å². The second kappa shape index (κ2) is 5.54. The number of carboxylic acid groups (broad SMARTS) is 1. The summed E-state index contributed by atoms with van der Waals surface area (Å²) in [6.07, 6.45) is 0. The molecule has 0 saturated heterocycles. The van der Waals surface area contributed by atoms with Gasteiger partial charge in [0, 0.05) is 5.56 Å². The molecular formula is C13H10F2O4S. The molecule has 1 unspecified atom stereocenters. The summed E-state index contributed by atoms with van der Waals surface area (Å²) in [6, 6.07) is 4.08. The Morgan fingerprint density at radius 3 is 2.65 bits per heavy atom. The molecule has 2 aromatic rings. The van der Waals surface area contributed by atoms with E-state index in [-0.39, 0.29) is 22.2 Å². The van der Waals surface area contributed by atoms with Crippen molar-refractivity contribution in [1.82, 2.24) is 0 Å². The smallest absolute Gasteiger partial charge is 0.372 e. The Morgan fingerprint density at radius 2 is 2.05 bits per heavy atom. The molecule has 0 amide bonds. The molecule has 1 aromatic heterocycles. The predicted octanol–water partition coefficient (Wildman–Crippen LogP) is 2.87. The van der Waals surface area contributed by atoms with Crippen LogP contribution in [0.2, 0.25) is 0 Å². The molecule has 1 atom stereocenters. The Balaban J connectivity index is 2.26. The Labute approximate surface area is 115 Å². The highest BCUT2D eigenvalue weighted by Gasteiger charge is 2.18. The van der Waals surface area contributed by atoms with Gasteiger partial charge in [-0.2, -0.15) is 0 Å². The number of aromatic carboxylic acids is 1. The molecule has 0 radical (unpaired) electrons. The van der Waals surface area contributed by atoms with Gasteiger partial charge in [0.1, 0.15) is 17.4 Å². The zero-order valence-corrected chi connectivity index (χ0v) is 11.2. The molecule has 2 rings (SSSR count). The van der Waals surface area contributed by atoms with E-state index in [0.717, 1.165) is 18.2 Å². The molecule has 7 heteroatoms. The van der Waals surface area contributed by atoms with E-state index in [1.807, 2.05) is 0 Å². The standard InChI is InChI=1S/C13H10F2O4S/c1-7-4-9(19-12(7)13(16)17)6-20(18)11-5-8(14)2-3-10(11)15/h2-5H,6H2,1H3,(H,16,17). The Kier molecular flexibility index (Phi) is 3.99. The summed E-state index contributed by atoms with van der Waals surface area (Å²) < 4.78 is 43.5. The van der Waals surface area contributed by atoms with E-state index in [1.165, 1.54) is 13.0 Å². The summed E-state index contributed by atoms with van der Waals surface area (Å²) in [4.78, 5) is 10.5. The number of benzene rings is 1. The van der Waals surface area contributed by atoms with Crippen LogP contribution in [0.3, 0.4) is 0 Å². The number of furan rings is 1. The van der Waals surface area contributed by atoms with Crippen molar-refractivity contribution in [3.8, 4) is 0 Å². The van der Waals surface area contributed by atoms with Crippen molar-refractivity contribution in [2.75, 3.05) is 0 Å². The fourth-order valence-electron chi connectivity index (χ4n) is 1.69. The largest absolute Gasteiger partial charge is 0.475 e. The molecule has 0 aliphatic carbocycles. The lowest BCUT2D eigenvalue weighted by Crippen LogP contribution is -1.99. The maximum Gasteiger partial charge on any atom is 0.372 e. The first-order valence-electron chi connectivity index (χ1n) is 5.54. The van der Waals surface area contributed by atoms with Crippen molar-refractivity contribution in [3.05, 3.63) is 53.0 Å². The van der Waals surface area contributed by atoms with Gasteiger partial charge in [-0.1, -0.05) is 0 Å². The predicted molar refractivity (Wildman–Crippen MR) is 66.9 cm³/mol. The lowest BCUT2D eigenvalue weighted by molar-refractivity contribution is 0.0659. The van der Waals surface area contributed by atoms with E-state index in [9.17, 15) is 17.8 Å². The molecule has 0 fully saturated rings. The molecule has 4 nitrogen and oxygen atoms in total. The average molecular weight is 300 g/mol. The van der Waals surface area contributed by atoms with Crippen LogP contribution < -0.4 is 0 Å². The number of hydrogen-bond donors (Lipinski definition) is 1. The van der Waals surface area contributed by atoms with Crippen LogP contribution in [0.5, 0.6) is 0 Å². The van der Waals surface area contributed by atoms with Crippen molar-refractivity contribution in [2.45, 2.75) is 17.6 Å². The van der Waals surface area contributed by atoms with E-state index >= 15 is 0 Å². The van der Waals surface area contributed by atoms with Gasteiger partial charge < -0.3 is 9.52 Å². The highest BCUT2D eigenvalue weighted by atomic mass is 32.2. The zero-order valence-electron chi connectivity index (χ0n) is 10.4. The minimum absolute atomic E-state index is 0.141. The molecule has 0 saturated carbocycles. The van der Waals surface area contributed by atoms with Crippen molar-refractivity contribution in [1.29, 1.82) is 0 Å². The molecule has 0 bridgehead atoms. The van der Waals surface area contributed by atoms with Gasteiger partial charge in [0.05, 0.1) is 21.4 Å². The quantitative estimate of drug-likeness (QED) is 0.942. The summed E-state index contributed by atoms with van der Waals surface area (Å²) in [7, 11) is -1.87. The van der Waals surface area contributed by atoms with Crippen LogP contribution in [0.15, 0.2) is 33.6 Å². The van der Waals surface area contributed by atoms with Crippen molar-refractivity contribution < 1.29 is 27.3 Å². The van der Waals surface area contributed by atoms with Crippen molar-refractivity contribution >= 4 is 16.8 Å². The van der Waals surface area contributed by atoms with Crippen LogP contribution in [0, 0.1) is 18.6 Å². The Bertz CT molecular complexity index is 694. The Hall–Kier alpha value is -2.02. The SMILES string of the molecule is Cc1cc(CS(=O)c2cc(F)ccc2F)oc1C(=O)O. The summed E-state index contributed by atoms with van der Waals surface area (Å²) in [5.74, 6) is -3.06. The van der Waals surface area contributed by atoms with Crippen molar-refractivity contribution in [2.24, 2.45) is 0 Å². The van der Waals surface area contributed by atoms with E-state index < -0.39 is 28.4 Å². The summed E-state index contributed by atoms with van der Waals surface area (Å²) >= 11 is 0. The van der Waals surface area contributed by atoms with Crippen LogP contribution >= 0.6 is 0 Å². The number of hydrogen-bond acceptors (Lipinski definition) is 3. The lowest BCUT2D eigenvalue weighted by Gasteiger charge is -2.02. The first-order chi connectivity index (χ1) is 9.38. The van der Waals surface area contributed by atoms with E-state index in [1.54, 1.807) is 0 Å². The molecule has 0 aliphatic rings. The molecule has 1 aromatic carbocycles. The second-order valence-corrected chi connectivity index (χ2v) is 5.51. The Morgan fingerprint density at radius 1 is 1.35 bits per heavy atom. The number of rotatable bonds is 4. The van der Waals surface area contributed by atoms with Crippen molar-refractivity contribution in [3.63, 3.8) is 0 Å². The first kappa shape index (κ1) is 14.4. The number of carboxylic acids is 1. The number of carbonyl (C=O) groups is 1. The van der Waals surface area contributed by atoms with Gasteiger partial charge in [-0.15, -0.1) is 0 Å². The fraction of sp³-hybridized carbons (Fsp3) is 0.154. The van der Waals surface area contributed by atoms with E-state index in [4.69, 9.17) is 9.52 Å². The minimum atomic E-state index is -1.87. The zero-order chi connectivity index (χ0) is 14.9. The molecule has 1 heterocycles. The van der Waals surface area contributed by atoms with Gasteiger partial charge in [0.25, 0.3) is 0 Å². The van der Waals surface area contributed by atoms with Crippen LogP contribution in [-0.2, 0) is 16.6 Å². The lowest BCUT2D eigenvalue weighted by atomic mass is 10.3. The summed E-state index contributed by atoms with van der Waals surface area (Å²) in [6.45, 7) is 1.53.